The highest BCUT2D eigenvalue weighted by atomic mass is 35.5. The Kier molecular flexibility index (Phi) is 11.8. The quantitative estimate of drug-likeness (QED) is 0.167. The lowest BCUT2D eigenvalue weighted by molar-refractivity contribution is -0.158. The molecule has 1 aliphatic heterocycles. The summed E-state index contributed by atoms with van der Waals surface area (Å²) in [6.07, 6.45) is 3.66. The van der Waals surface area contributed by atoms with Crippen molar-refractivity contribution in [2.75, 3.05) is 12.9 Å². The van der Waals surface area contributed by atoms with Crippen LogP contribution in [0.2, 0.25) is 10.0 Å². The Morgan fingerprint density at radius 1 is 0.980 bits per heavy atom. The highest BCUT2D eigenvalue weighted by Gasteiger charge is 2.49. The third-order valence-electron chi connectivity index (χ3n) is 8.84. The van der Waals surface area contributed by atoms with E-state index in [0.29, 0.717) is 45.9 Å². The summed E-state index contributed by atoms with van der Waals surface area (Å²) in [6, 6.07) is 16.6. The van der Waals surface area contributed by atoms with Crippen LogP contribution in [-0.4, -0.2) is 61.6 Å². The molecule has 1 unspecified atom stereocenters. The fourth-order valence-electron chi connectivity index (χ4n) is 6.72. The van der Waals surface area contributed by atoms with Gasteiger partial charge in [0.25, 0.3) is 11.8 Å². The smallest absolute Gasteiger partial charge is 0.349 e. The van der Waals surface area contributed by atoms with Crippen LogP contribution >= 0.6 is 23.2 Å². The van der Waals surface area contributed by atoms with Crippen molar-refractivity contribution < 1.29 is 37.1 Å². The molecular formula is C36H41Cl2N3O8S. The number of benzene rings is 3. The van der Waals surface area contributed by atoms with Crippen LogP contribution in [0.1, 0.15) is 85.5 Å². The second kappa shape index (κ2) is 15.7. The molecule has 3 aromatic carbocycles. The van der Waals surface area contributed by atoms with E-state index in [0.717, 1.165) is 19.1 Å². The maximum atomic E-state index is 14.4. The molecule has 0 saturated heterocycles. The van der Waals surface area contributed by atoms with E-state index in [-0.39, 0.29) is 24.1 Å². The lowest BCUT2D eigenvalue weighted by atomic mass is 9.76. The minimum atomic E-state index is -3.62. The number of ether oxygens (including phenoxy) is 2. The van der Waals surface area contributed by atoms with Gasteiger partial charge < -0.3 is 14.4 Å². The molecule has 0 radical (unpaired) electrons. The Morgan fingerprint density at radius 2 is 1.72 bits per heavy atom. The summed E-state index contributed by atoms with van der Waals surface area (Å²) in [5.41, 5.74) is 3.30. The summed E-state index contributed by atoms with van der Waals surface area (Å²) < 4.78 is 38.6. The van der Waals surface area contributed by atoms with Gasteiger partial charge in [0.2, 0.25) is 10.0 Å². The van der Waals surface area contributed by atoms with Crippen molar-refractivity contribution in [1.29, 1.82) is 0 Å². The number of hydrogen-bond donors (Lipinski definition) is 2. The maximum absolute atomic E-state index is 14.4. The zero-order valence-corrected chi connectivity index (χ0v) is 30.6. The second-order valence-corrected chi connectivity index (χ2v) is 15.6. The number of nitrogens with zero attached hydrogens (tertiary/aromatic N) is 1. The Hall–Kier alpha value is -3.68. The Balaban J connectivity index is 1.47. The molecule has 11 nitrogen and oxygen atoms in total. The number of esters is 1. The van der Waals surface area contributed by atoms with Crippen LogP contribution in [0.3, 0.4) is 0 Å². The molecule has 268 valence electrons. The fraction of sp³-hybridized carbons (Fsp3) is 0.417. The van der Waals surface area contributed by atoms with Crippen molar-refractivity contribution in [2.45, 2.75) is 82.7 Å². The van der Waals surface area contributed by atoms with E-state index in [1.165, 1.54) is 0 Å². The van der Waals surface area contributed by atoms with E-state index >= 15 is 0 Å². The summed E-state index contributed by atoms with van der Waals surface area (Å²) in [6.45, 7) is 5.12. The van der Waals surface area contributed by atoms with E-state index in [9.17, 15) is 22.8 Å². The van der Waals surface area contributed by atoms with Crippen molar-refractivity contribution >= 4 is 51.0 Å². The predicted octanol–water partition coefficient (Wildman–Crippen LogP) is 6.10. The van der Waals surface area contributed by atoms with Crippen molar-refractivity contribution in [3.63, 3.8) is 0 Å². The largest absolute Gasteiger partial charge is 0.476 e. The molecule has 3 aromatic rings. The highest BCUT2D eigenvalue weighted by Crippen LogP contribution is 2.48. The fourth-order valence-corrected chi connectivity index (χ4v) is 8.07. The summed E-state index contributed by atoms with van der Waals surface area (Å²) in [4.78, 5) is 48.5. The van der Waals surface area contributed by atoms with Gasteiger partial charge in [-0.2, -0.15) is 0 Å². The highest BCUT2D eigenvalue weighted by molar-refractivity contribution is 7.88. The predicted molar refractivity (Wildman–Crippen MR) is 189 cm³/mol. The minimum Gasteiger partial charge on any atom is -0.476 e. The van der Waals surface area contributed by atoms with E-state index in [1.54, 1.807) is 92.4 Å². The average Bonchev–Trinajstić information content (AvgIpc) is 3.05. The molecule has 2 aliphatic rings. The van der Waals surface area contributed by atoms with Crippen molar-refractivity contribution in [2.24, 2.45) is 0 Å². The summed E-state index contributed by atoms with van der Waals surface area (Å²) in [5.74, 6) is -1.96. The van der Waals surface area contributed by atoms with Crippen molar-refractivity contribution in [3.05, 3.63) is 99.0 Å². The van der Waals surface area contributed by atoms with Crippen LogP contribution in [0.25, 0.3) is 0 Å². The second-order valence-electron chi connectivity index (χ2n) is 13.0. The molecule has 5 rings (SSSR count). The van der Waals surface area contributed by atoms with Gasteiger partial charge in [-0.3, -0.25) is 14.4 Å². The topological polar surface area (TPSA) is 140 Å². The van der Waals surface area contributed by atoms with Gasteiger partial charge in [0.1, 0.15) is 5.75 Å². The molecule has 1 aliphatic carbocycles. The van der Waals surface area contributed by atoms with Gasteiger partial charge in [-0.15, -0.1) is 0 Å². The zero-order chi connectivity index (χ0) is 36.2. The number of nitrogens with one attached hydrogen (secondary N) is 2. The van der Waals surface area contributed by atoms with Gasteiger partial charge in [-0.05, 0) is 80.6 Å². The summed E-state index contributed by atoms with van der Waals surface area (Å²) in [7, 11) is -3.62. The Labute approximate surface area is 302 Å². The molecule has 14 heteroatoms. The van der Waals surface area contributed by atoms with Crippen LogP contribution in [0.5, 0.6) is 5.75 Å². The van der Waals surface area contributed by atoms with Gasteiger partial charge in [-0.25, -0.2) is 23.4 Å². The molecular weight excluding hydrogens is 705 g/mol. The zero-order valence-electron chi connectivity index (χ0n) is 28.3. The number of fused-ring (bicyclic) bond motifs is 1. The lowest BCUT2D eigenvalue weighted by Crippen LogP contribution is -2.59. The Morgan fingerprint density at radius 3 is 2.44 bits per heavy atom. The van der Waals surface area contributed by atoms with Crippen LogP contribution in [-0.2, 0) is 35.8 Å². The number of hydroxylamine groups is 1. The van der Waals surface area contributed by atoms with Crippen LogP contribution in [0.4, 0.5) is 0 Å². The molecule has 1 heterocycles. The molecule has 50 heavy (non-hydrogen) atoms. The van der Waals surface area contributed by atoms with Crippen LogP contribution in [0, 0.1) is 0 Å². The van der Waals surface area contributed by atoms with Gasteiger partial charge >= 0.3 is 5.97 Å². The molecule has 2 N–H and O–H groups in total. The molecule has 4 atom stereocenters. The van der Waals surface area contributed by atoms with Crippen molar-refractivity contribution in [1.82, 2.24) is 15.1 Å². The number of rotatable bonds is 12. The number of carbonyl (C=O) groups is 3. The lowest BCUT2D eigenvalue weighted by Gasteiger charge is -2.49. The van der Waals surface area contributed by atoms with Crippen LogP contribution in [0.15, 0.2) is 66.7 Å². The van der Waals surface area contributed by atoms with E-state index in [4.69, 9.17) is 37.5 Å². The summed E-state index contributed by atoms with van der Waals surface area (Å²) >= 11 is 13.1. The molecule has 2 amide bonds. The first-order valence-electron chi connectivity index (χ1n) is 16.4. The first kappa shape index (κ1) is 37.6. The van der Waals surface area contributed by atoms with E-state index in [1.807, 2.05) is 0 Å². The molecule has 0 bridgehead atoms. The number of carbonyl (C=O) groups excluding carboxylic acids is 3. The number of amides is 2. The van der Waals surface area contributed by atoms with E-state index < -0.39 is 51.5 Å². The van der Waals surface area contributed by atoms with E-state index in [2.05, 4.69) is 10.2 Å². The number of hydrogen-bond acceptors (Lipinski definition) is 8. The van der Waals surface area contributed by atoms with Gasteiger partial charge in [0.05, 0.1) is 31.4 Å². The monoisotopic (exact) mass is 745 g/mol. The third-order valence-corrected chi connectivity index (χ3v) is 10.1. The normalized spacial score (nSPS) is 20.9. The number of halogens is 2. The maximum Gasteiger partial charge on any atom is 0.349 e. The molecule has 0 aromatic heterocycles. The standard InChI is InChI=1S/C36H41Cl2N3O8S/c1-5-47-35(44)36(2,3)49-24-12-10-11-22(19-24)21-48-39-33(42)31-25-13-6-7-14-26(25)34(43)41(32(31)27-18-17-23(37)20-28(27)38)30-16-9-8-15-29(30)40-50(4,45)46/h6-7,10-14,17-20,29-32,40H,5,8-9,15-16,21H2,1-4H3,(H,39,42)/t29?,30-,31+,32-/m0/s1. The minimum absolute atomic E-state index is 0.0465. The number of sulfonamides is 1. The third kappa shape index (κ3) is 8.60. The summed E-state index contributed by atoms with van der Waals surface area (Å²) in [5, 5.41) is 0.632. The molecule has 0 spiro atoms. The average molecular weight is 747 g/mol. The van der Waals surface area contributed by atoms with Gasteiger partial charge in [-0.1, -0.05) is 72.4 Å². The first-order valence-corrected chi connectivity index (χ1v) is 19.1. The molecule has 1 fully saturated rings. The Bertz CT molecular complexity index is 1850. The first-order chi connectivity index (χ1) is 23.7. The van der Waals surface area contributed by atoms with Gasteiger partial charge in [0.15, 0.2) is 5.60 Å². The van der Waals surface area contributed by atoms with Gasteiger partial charge in [0, 0.05) is 27.7 Å². The van der Waals surface area contributed by atoms with Crippen LogP contribution < -0.4 is 14.9 Å². The van der Waals surface area contributed by atoms with Crippen molar-refractivity contribution in [3.8, 4) is 5.75 Å². The SMILES string of the molecule is CCOC(=O)C(C)(C)Oc1cccc(CONC(=O)[C@@H]2c3ccccc3C(=O)N([C@H]3CCCCC3NS(C)(=O)=O)[C@H]2c2ccc(Cl)cc2Cl)c1. The molecule has 1 saturated carbocycles.